The minimum atomic E-state index is -3.87. The Kier molecular flexibility index (Phi) is 4.37. The van der Waals surface area contributed by atoms with E-state index < -0.39 is 27.6 Å². The Morgan fingerprint density at radius 3 is 2.81 bits per heavy atom. The van der Waals surface area contributed by atoms with Gasteiger partial charge in [0.05, 0.1) is 16.5 Å². The van der Waals surface area contributed by atoms with Crippen LogP contribution in [-0.4, -0.2) is 36.9 Å². The Morgan fingerprint density at radius 2 is 2.04 bits per heavy atom. The highest BCUT2D eigenvalue weighted by Crippen LogP contribution is 2.30. The van der Waals surface area contributed by atoms with Crippen molar-refractivity contribution in [2.45, 2.75) is 10.9 Å². The molecule has 0 saturated carbocycles. The second-order valence-corrected chi connectivity index (χ2v) is 8.34. The molecule has 1 atom stereocenters. The summed E-state index contributed by atoms with van der Waals surface area (Å²) >= 11 is 0. The topological polar surface area (TPSA) is 84.5 Å². The molecule has 4 rings (SSSR count). The van der Waals surface area contributed by atoms with Gasteiger partial charge in [-0.3, -0.25) is 4.57 Å². The van der Waals surface area contributed by atoms with Crippen molar-refractivity contribution < 1.29 is 17.2 Å². The van der Waals surface area contributed by atoms with Gasteiger partial charge in [0.25, 0.3) is 0 Å². The van der Waals surface area contributed by atoms with Gasteiger partial charge in [0.1, 0.15) is 5.82 Å². The Labute approximate surface area is 155 Å². The molecule has 1 aromatic heterocycles. The molecule has 2 heterocycles. The van der Waals surface area contributed by atoms with E-state index in [9.17, 15) is 17.6 Å². The number of rotatable bonds is 3. The van der Waals surface area contributed by atoms with E-state index in [0.29, 0.717) is 24.2 Å². The zero-order valence-electron chi connectivity index (χ0n) is 14.6. The van der Waals surface area contributed by atoms with Crippen LogP contribution in [0.2, 0.25) is 0 Å². The van der Waals surface area contributed by atoms with Crippen LogP contribution in [0.15, 0.2) is 56.6 Å². The third-order valence-electron chi connectivity index (χ3n) is 4.80. The molecule has 9 heteroatoms. The van der Waals surface area contributed by atoms with E-state index in [1.54, 1.807) is 25.2 Å². The van der Waals surface area contributed by atoms with Gasteiger partial charge in [0, 0.05) is 32.7 Å². The molecular formula is C18H18FN3O4S. The molecule has 0 spiro atoms. The normalized spacial score (nSPS) is 18.8. The third-order valence-corrected chi connectivity index (χ3v) is 6.70. The Bertz CT molecular complexity index is 1170. The molecule has 1 aliphatic heterocycles. The largest absolute Gasteiger partial charge is 0.419 e. The molecule has 7 nitrogen and oxygen atoms in total. The second-order valence-electron chi connectivity index (χ2n) is 6.45. The Hall–Kier alpha value is -2.49. The van der Waals surface area contributed by atoms with Crippen molar-refractivity contribution in [3.8, 4) is 0 Å². The number of hydrogen-bond donors (Lipinski definition) is 1. The number of benzene rings is 2. The summed E-state index contributed by atoms with van der Waals surface area (Å²) in [4.78, 5) is 11.7. The lowest BCUT2D eigenvalue weighted by Crippen LogP contribution is -2.48. The van der Waals surface area contributed by atoms with Crippen molar-refractivity contribution in [1.82, 2.24) is 14.2 Å². The van der Waals surface area contributed by atoms with Gasteiger partial charge in [-0.25, -0.2) is 17.6 Å². The first-order chi connectivity index (χ1) is 12.9. The maximum Gasteiger partial charge on any atom is 0.419 e. The monoisotopic (exact) mass is 391 g/mol. The number of sulfonamides is 1. The summed E-state index contributed by atoms with van der Waals surface area (Å²) in [7, 11) is -2.31. The number of hydrogen-bond acceptors (Lipinski definition) is 5. The molecule has 1 unspecified atom stereocenters. The quantitative estimate of drug-likeness (QED) is 0.733. The molecule has 0 bridgehead atoms. The molecule has 1 aliphatic rings. The summed E-state index contributed by atoms with van der Waals surface area (Å²) < 4.78 is 48.0. The zero-order chi connectivity index (χ0) is 19.2. The van der Waals surface area contributed by atoms with E-state index in [1.165, 1.54) is 33.1 Å². The molecule has 0 aliphatic carbocycles. The summed E-state index contributed by atoms with van der Waals surface area (Å²) in [5, 5.41) is 3.16. The minimum absolute atomic E-state index is 0.0349. The molecule has 3 aromatic rings. The number of aromatic nitrogens is 1. The van der Waals surface area contributed by atoms with E-state index >= 15 is 0 Å². The molecule has 0 amide bonds. The van der Waals surface area contributed by atoms with Gasteiger partial charge in [-0.05, 0) is 29.8 Å². The first-order valence-electron chi connectivity index (χ1n) is 8.45. The van der Waals surface area contributed by atoms with Crippen LogP contribution >= 0.6 is 0 Å². The van der Waals surface area contributed by atoms with Gasteiger partial charge in [0.15, 0.2) is 5.58 Å². The first-order valence-corrected chi connectivity index (χ1v) is 9.89. The molecule has 1 fully saturated rings. The van der Waals surface area contributed by atoms with Gasteiger partial charge in [-0.1, -0.05) is 12.1 Å². The smallest absolute Gasteiger partial charge is 0.408 e. The highest BCUT2D eigenvalue weighted by atomic mass is 32.2. The van der Waals surface area contributed by atoms with E-state index in [0.717, 1.165) is 0 Å². The number of oxazole rings is 1. The fourth-order valence-electron chi connectivity index (χ4n) is 3.38. The molecule has 1 saturated heterocycles. The predicted octanol–water partition coefficient (Wildman–Crippen LogP) is 1.61. The maximum atomic E-state index is 13.7. The number of fused-ring (bicyclic) bond motifs is 1. The fraction of sp³-hybridized carbons (Fsp3) is 0.278. The van der Waals surface area contributed by atoms with Crippen molar-refractivity contribution in [2.75, 3.05) is 19.6 Å². The highest BCUT2D eigenvalue weighted by Gasteiger charge is 2.35. The van der Waals surface area contributed by atoms with Crippen LogP contribution in [0.3, 0.4) is 0 Å². The van der Waals surface area contributed by atoms with Crippen LogP contribution in [0, 0.1) is 5.82 Å². The van der Waals surface area contributed by atoms with Crippen LogP contribution in [-0.2, 0) is 17.1 Å². The van der Waals surface area contributed by atoms with Crippen molar-refractivity contribution in [3.05, 3.63) is 64.4 Å². The van der Waals surface area contributed by atoms with Gasteiger partial charge >= 0.3 is 5.76 Å². The van der Waals surface area contributed by atoms with Crippen LogP contribution < -0.4 is 11.1 Å². The van der Waals surface area contributed by atoms with Crippen molar-refractivity contribution >= 4 is 21.1 Å². The van der Waals surface area contributed by atoms with Gasteiger partial charge in [-0.2, -0.15) is 4.31 Å². The van der Waals surface area contributed by atoms with E-state index in [4.69, 9.17) is 4.42 Å². The SMILES string of the molecule is Cn1c(=O)oc2cc(S(=O)(=O)N3CCNCC3c3cccc(F)c3)ccc21. The van der Waals surface area contributed by atoms with Crippen LogP contribution in [0.5, 0.6) is 0 Å². The Balaban J connectivity index is 1.78. The molecule has 1 N–H and O–H groups in total. The van der Waals surface area contributed by atoms with Crippen LogP contribution in [0.25, 0.3) is 11.1 Å². The minimum Gasteiger partial charge on any atom is -0.408 e. The maximum absolute atomic E-state index is 13.7. The number of piperazine rings is 1. The van der Waals surface area contributed by atoms with E-state index in [-0.39, 0.29) is 17.0 Å². The highest BCUT2D eigenvalue weighted by molar-refractivity contribution is 7.89. The average Bonchev–Trinajstić information content (AvgIpc) is 2.95. The van der Waals surface area contributed by atoms with Gasteiger partial charge in [0.2, 0.25) is 10.0 Å². The lowest BCUT2D eigenvalue weighted by Gasteiger charge is -2.35. The second kappa shape index (κ2) is 6.59. The van der Waals surface area contributed by atoms with Gasteiger partial charge < -0.3 is 9.73 Å². The average molecular weight is 391 g/mol. The summed E-state index contributed by atoms with van der Waals surface area (Å²) in [6.45, 7) is 1.12. The van der Waals surface area contributed by atoms with Crippen LogP contribution in [0.4, 0.5) is 4.39 Å². The number of aryl methyl sites for hydroxylation is 1. The number of nitrogens with one attached hydrogen (secondary N) is 1. The zero-order valence-corrected chi connectivity index (χ0v) is 15.4. The first kappa shape index (κ1) is 17.9. The van der Waals surface area contributed by atoms with Crippen LogP contribution in [0.1, 0.15) is 11.6 Å². The number of halogens is 1. The molecule has 0 radical (unpaired) electrons. The standard InChI is InChI=1S/C18H18FN3O4S/c1-21-15-6-5-14(10-17(15)26-18(21)23)27(24,25)22-8-7-20-11-16(22)12-3-2-4-13(19)9-12/h2-6,9-10,16,20H,7-8,11H2,1H3. The van der Waals surface area contributed by atoms with Crippen molar-refractivity contribution in [3.63, 3.8) is 0 Å². The predicted molar refractivity (Wildman–Crippen MR) is 97.4 cm³/mol. The third kappa shape index (κ3) is 3.07. The van der Waals surface area contributed by atoms with Crippen molar-refractivity contribution in [1.29, 1.82) is 0 Å². The number of nitrogens with zero attached hydrogens (tertiary/aromatic N) is 2. The molecule has 142 valence electrons. The molecular weight excluding hydrogens is 373 g/mol. The fourth-order valence-corrected chi connectivity index (χ4v) is 5.01. The van der Waals surface area contributed by atoms with E-state index in [2.05, 4.69) is 5.32 Å². The molecule has 2 aromatic carbocycles. The molecule has 27 heavy (non-hydrogen) atoms. The van der Waals surface area contributed by atoms with Gasteiger partial charge in [-0.15, -0.1) is 0 Å². The lowest BCUT2D eigenvalue weighted by atomic mass is 10.1. The summed E-state index contributed by atoms with van der Waals surface area (Å²) in [6, 6.07) is 9.78. The summed E-state index contributed by atoms with van der Waals surface area (Å²) in [6.07, 6.45) is 0. The van der Waals surface area contributed by atoms with E-state index in [1.807, 2.05) is 0 Å². The lowest BCUT2D eigenvalue weighted by molar-refractivity contribution is 0.271. The van der Waals surface area contributed by atoms with Crippen molar-refractivity contribution in [2.24, 2.45) is 7.05 Å². The Morgan fingerprint density at radius 1 is 1.22 bits per heavy atom. The summed E-state index contributed by atoms with van der Waals surface area (Å²) in [5.41, 5.74) is 1.31. The summed E-state index contributed by atoms with van der Waals surface area (Å²) in [5.74, 6) is -0.970.